The van der Waals surface area contributed by atoms with E-state index in [1.165, 1.54) is 34.4 Å². The van der Waals surface area contributed by atoms with Crippen LogP contribution >= 0.6 is 0 Å². The standard InChI is InChI=1S/C26H23NO4/c28-25(29)18-11-13-19(14-12-18)27(15-17-9-10-17)26(30)31-16-24-22-7-3-1-5-20(22)21-6-2-4-8-23(21)24/h1-8,11-14,17,24H,9-10,15-16H2,(H,28,29). The maximum Gasteiger partial charge on any atom is 0.414 e. The molecule has 0 aromatic heterocycles. The van der Waals surface area contributed by atoms with Crippen molar-refractivity contribution in [2.75, 3.05) is 18.1 Å². The Balaban J connectivity index is 1.36. The number of carbonyl (C=O) groups excluding carboxylic acids is 1. The third-order valence-corrected chi connectivity index (χ3v) is 6.12. The molecule has 0 bridgehead atoms. The average Bonchev–Trinajstić information content (AvgIpc) is 3.57. The van der Waals surface area contributed by atoms with E-state index < -0.39 is 12.1 Å². The highest BCUT2D eigenvalue weighted by molar-refractivity contribution is 5.91. The molecule has 0 spiro atoms. The van der Waals surface area contributed by atoms with Gasteiger partial charge in [0.2, 0.25) is 0 Å². The molecule has 3 aromatic rings. The second-order valence-corrected chi connectivity index (χ2v) is 8.21. The summed E-state index contributed by atoms with van der Waals surface area (Å²) in [4.78, 5) is 25.9. The van der Waals surface area contributed by atoms with E-state index in [0.29, 0.717) is 18.2 Å². The fourth-order valence-electron chi connectivity index (χ4n) is 4.30. The first-order valence-corrected chi connectivity index (χ1v) is 10.6. The van der Waals surface area contributed by atoms with Crippen LogP contribution in [-0.2, 0) is 4.74 Å². The molecule has 1 N–H and O–H groups in total. The molecule has 0 aliphatic heterocycles. The van der Waals surface area contributed by atoms with E-state index in [1.54, 1.807) is 17.0 Å². The lowest BCUT2D eigenvalue weighted by molar-refractivity contribution is 0.0697. The Morgan fingerprint density at radius 2 is 1.45 bits per heavy atom. The van der Waals surface area contributed by atoms with Crippen molar-refractivity contribution in [3.05, 3.63) is 89.5 Å². The molecule has 31 heavy (non-hydrogen) atoms. The summed E-state index contributed by atoms with van der Waals surface area (Å²) in [6, 6.07) is 22.9. The predicted molar refractivity (Wildman–Crippen MR) is 119 cm³/mol. The molecule has 5 rings (SSSR count). The summed E-state index contributed by atoms with van der Waals surface area (Å²) >= 11 is 0. The summed E-state index contributed by atoms with van der Waals surface area (Å²) in [6.07, 6.45) is 1.80. The van der Waals surface area contributed by atoms with Gasteiger partial charge in [-0.3, -0.25) is 4.90 Å². The van der Waals surface area contributed by atoms with E-state index >= 15 is 0 Å². The van der Waals surface area contributed by atoms with E-state index in [4.69, 9.17) is 9.84 Å². The molecule has 1 amide bonds. The van der Waals surface area contributed by atoms with Crippen LogP contribution in [0.1, 0.15) is 40.2 Å². The number of carboxylic acids is 1. The van der Waals surface area contributed by atoms with Crippen LogP contribution in [0.4, 0.5) is 10.5 Å². The van der Waals surface area contributed by atoms with Crippen LogP contribution in [0.25, 0.3) is 11.1 Å². The minimum absolute atomic E-state index is 0.00788. The number of hydrogen-bond donors (Lipinski definition) is 1. The van der Waals surface area contributed by atoms with Gasteiger partial charge < -0.3 is 9.84 Å². The first kappa shape index (κ1) is 19.4. The average molecular weight is 413 g/mol. The van der Waals surface area contributed by atoms with Crippen molar-refractivity contribution in [3.8, 4) is 11.1 Å². The minimum atomic E-state index is -0.985. The summed E-state index contributed by atoms with van der Waals surface area (Å²) in [5.41, 5.74) is 5.60. The van der Waals surface area contributed by atoms with Crippen molar-refractivity contribution < 1.29 is 19.4 Å². The van der Waals surface area contributed by atoms with Gasteiger partial charge in [-0.05, 0) is 65.3 Å². The SMILES string of the molecule is O=C(O)c1ccc(N(CC2CC2)C(=O)OCC2c3ccccc3-c3ccccc32)cc1. The van der Waals surface area contributed by atoms with Crippen molar-refractivity contribution in [3.63, 3.8) is 0 Å². The van der Waals surface area contributed by atoms with E-state index in [2.05, 4.69) is 24.3 Å². The van der Waals surface area contributed by atoms with Gasteiger partial charge in [-0.2, -0.15) is 0 Å². The molecule has 1 saturated carbocycles. The number of carbonyl (C=O) groups is 2. The minimum Gasteiger partial charge on any atom is -0.478 e. The van der Waals surface area contributed by atoms with Crippen LogP contribution in [0.15, 0.2) is 72.8 Å². The number of carboxylic acid groups (broad SMARTS) is 1. The highest BCUT2D eigenvalue weighted by Gasteiger charge is 2.32. The maximum absolute atomic E-state index is 13.1. The van der Waals surface area contributed by atoms with E-state index in [0.717, 1.165) is 12.8 Å². The van der Waals surface area contributed by atoms with E-state index in [9.17, 15) is 9.59 Å². The second kappa shape index (κ2) is 7.91. The monoisotopic (exact) mass is 413 g/mol. The number of anilines is 1. The van der Waals surface area contributed by atoms with Gasteiger partial charge >= 0.3 is 12.1 Å². The molecule has 5 heteroatoms. The van der Waals surface area contributed by atoms with Crippen molar-refractivity contribution in [1.29, 1.82) is 0 Å². The zero-order valence-electron chi connectivity index (χ0n) is 17.0. The maximum atomic E-state index is 13.1. The van der Waals surface area contributed by atoms with Gasteiger partial charge in [-0.1, -0.05) is 48.5 Å². The van der Waals surface area contributed by atoms with E-state index in [-0.39, 0.29) is 18.1 Å². The van der Waals surface area contributed by atoms with Crippen molar-refractivity contribution in [2.45, 2.75) is 18.8 Å². The summed E-state index contributed by atoms with van der Waals surface area (Å²) in [5, 5.41) is 9.14. The first-order valence-electron chi connectivity index (χ1n) is 10.6. The van der Waals surface area contributed by atoms with Crippen LogP contribution in [-0.4, -0.2) is 30.3 Å². The molecule has 5 nitrogen and oxygen atoms in total. The van der Waals surface area contributed by atoms with Gasteiger partial charge in [0.1, 0.15) is 6.61 Å². The lowest BCUT2D eigenvalue weighted by Crippen LogP contribution is -2.34. The molecule has 156 valence electrons. The van der Waals surface area contributed by atoms with Gasteiger partial charge in [0.05, 0.1) is 5.56 Å². The molecule has 2 aliphatic rings. The van der Waals surface area contributed by atoms with Crippen molar-refractivity contribution in [1.82, 2.24) is 0 Å². The molecule has 0 unspecified atom stereocenters. The summed E-state index contributed by atoms with van der Waals surface area (Å²) < 4.78 is 5.83. The first-order chi connectivity index (χ1) is 15.1. The third-order valence-electron chi connectivity index (χ3n) is 6.12. The van der Waals surface area contributed by atoms with Crippen molar-refractivity contribution in [2.24, 2.45) is 5.92 Å². The summed E-state index contributed by atoms with van der Waals surface area (Å²) in [6.45, 7) is 0.852. The smallest absolute Gasteiger partial charge is 0.414 e. The van der Waals surface area contributed by atoms with Gasteiger partial charge in [0.25, 0.3) is 0 Å². The van der Waals surface area contributed by atoms with E-state index in [1.807, 2.05) is 24.3 Å². The predicted octanol–water partition coefficient (Wildman–Crippen LogP) is 5.55. The zero-order valence-corrected chi connectivity index (χ0v) is 17.0. The Morgan fingerprint density at radius 1 is 0.871 bits per heavy atom. The van der Waals surface area contributed by atoms with Crippen molar-refractivity contribution >= 4 is 17.7 Å². The third kappa shape index (κ3) is 3.79. The largest absolute Gasteiger partial charge is 0.478 e. The fourth-order valence-corrected chi connectivity index (χ4v) is 4.30. The molecule has 2 aliphatic carbocycles. The number of fused-ring (bicyclic) bond motifs is 3. The molecular formula is C26H23NO4. The lowest BCUT2D eigenvalue weighted by atomic mass is 9.98. The van der Waals surface area contributed by atoms with Crippen LogP contribution in [0, 0.1) is 5.92 Å². The number of rotatable bonds is 6. The highest BCUT2D eigenvalue weighted by atomic mass is 16.6. The van der Waals surface area contributed by atoms with Crippen LogP contribution in [0.5, 0.6) is 0 Å². The molecule has 0 radical (unpaired) electrons. The summed E-state index contributed by atoms with van der Waals surface area (Å²) in [7, 11) is 0. The number of benzene rings is 3. The van der Waals surface area contributed by atoms with Gasteiger partial charge in [0, 0.05) is 18.2 Å². The zero-order chi connectivity index (χ0) is 21.4. The number of amides is 1. The molecular weight excluding hydrogens is 390 g/mol. The molecule has 0 heterocycles. The van der Waals surface area contributed by atoms with Gasteiger partial charge in [-0.25, -0.2) is 9.59 Å². The molecule has 3 aromatic carbocycles. The Hall–Kier alpha value is -3.60. The summed E-state index contributed by atoms with van der Waals surface area (Å²) in [5.74, 6) is -0.505. The Bertz CT molecular complexity index is 1090. The quantitative estimate of drug-likeness (QED) is 0.575. The number of ether oxygens (including phenoxy) is 1. The van der Waals surface area contributed by atoms with Gasteiger partial charge in [0.15, 0.2) is 0 Å². The Kier molecular flexibility index (Phi) is 4.94. The number of aromatic carboxylic acids is 1. The Labute approximate surface area is 180 Å². The second-order valence-electron chi connectivity index (χ2n) is 8.21. The molecule has 1 fully saturated rings. The molecule has 0 atom stereocenters. The highest BCUT2D eigenvalue weighted by Crippen LogP contribution is 2.44. The number of hydrogen-bond acceptors (Lipinski definition) is 3. The van der Waals surface area contributed by atoms with Crippen LogP contribution < -0.4 is 4.90 Å². The molecule has 0 saturated heterocycles. The normalized spacial score (nSPS) is 14.6. The van der Waals surface area contributed by atoms with Crippen LogP contribution in [0.3, 0.4) is 0 Å². The van der Waals surface area contributed by atoms with Gasteiger partial charge in [-0.15, -0.1) is 0 Å². The lowest BCUT2D eigenvalue weighted by Gasteiger charge is -2.24. The van der Waals surface area contributed by atoms with Crippen LogP contribution in [0.2, 0.25) is 0 Å². The number of nitrogens with zero attached hydrogens (tertiary/aromatic N) is 1. The Morgan fingerprint density at radius 3 is 2.00 bits per heavy atom. The fraction of sp³-hybridized carbons (Fsp3) is 0.231. The topological polar surface area (TPSA) is 66.8 Å².